The second kappa shape index (κ2) is 4.26. The topological polar surface area (TPSA) is 54.7 Å². The van der Waals surface area contributed by atoms with E-state index in [1.807, 2.05) is 6.20 Å². The molecule has 0 aliphatic carbocycles. The predicted molar refractivity (Wildman–Crippen MR) is 50.1 cm³/mol. The number of imidazole rings is 1. The predicted octanol–water partition coefficient (Wildman–Crippen LogP) is 1.42. The normalized spacial score (nSPS) is 13.2. The molecule has 0 bridgehead atoms. The van der Waals surface area contributed by atoms with E-state index >= 15 is 0 Å². The molecule has 68 valence electrons. The number of nitrogens with one attached hydrogen (secondary N) is 1. The zero-order chi connectivity index (χ0) is 8.97. The maximum absolute atomic E-state index is 5.46. The summed E-state index contributed by atoms with van der Waals surface area (Å²) in [5, 5.41) is 0. The summed E-state index contributed by atoms with van der Waals surface area (Å²) in [7, 11) is 0. The van der Waals surface area contributed by atoms with Crippen LogP contribution in [-0.2, 0) is 6.42 Å². The van der Waals surface area contributed by atoms with Gasteiger partial charge in [0.15, 0.2) is 0 Å². The monoisotopic (exact) mass is 167 g/mol. The number of nitrogens with two attached hydrogens (primary N) is 1. The van der Waals surface area contributed by atoms with Crippen molar-refractivity contribution >= 4 is 0 Å². The van der Waals surface area contributed by atoms with Crippen LogP contribution in [0.5, 0.6) is 0 Å². The first-order valence-electron chi connectivity index (χ1n) is 4.51. The Morgan fingerprint density at radius 1 is 1.67 bits per heavy atom. The summed E-state index contributed by atoms with van der Waals surface area (Å²) in [6, 6.07) is 0. The first-order valence-corrected chi connectivity index (χ1v) is 4.51. The Morgan fingerprint density at radius 3 is 2.92 bits per heavy atom. The third kappa shape index (κ3) is 2.08. The van der Waals surface area contributed by atoms with E-state index in [0.717, 1.165) is 25.2 Å². The largest absolute Gasteiger partial charge is 0.346 e. The molecule has 0 aliphatic heterocycles. The molecule has 1 aromatic heterocycles. The van der Waals surface area contributed by atoms with Gasteiger partial charge in [-0.25, -0.2) is 4.98 Å². The van der Waals surface area contributed by atoms with Crippen LogP contribution in [0.2, 0.25) is 0 Å². The van der Waals surface area contributed by atoms with E-state index in [0.29, 0.717) is 5.92 Å². The van der Waals surface area contributed by atoms with Crippen LogP contribution in [0.15, 0.2) is 6.20 Å². The summed E-state index contributed by atoms with van der Waals surface area (Å²) in [5.74, 6) is 1.52. The van der Waals surface area contributed by atoms with E-state index in [1.54, 1.807) is 0 Å². The Morgan fingerprint density at radius 2 is 2.42 bits per heavy atom. The van der Waals surface area contributed by atoms with Gasteiger partial charge in [0.25, 0.3) is 0 Å². The highest BCUT2D eigenvalue weighted by Crippen LogP contribution is 2.14. The van der Waals surface area contributed by atoms with Crippen molar-refractivity contribution in [1.29, 1.82) is 0 Å². The molecule has 0 saturated carbocycles. The van der Waals surface area contributed by atoms with Crippen molar-refractivity contribution in [2.75, 3.05) is 6.54 Å². The number of aromatic amines is 1. The number of H-pyrrole nitrogens is 1. The van der Waals surface area contributed by atoms with Crippen molar-refractivity contribution in [3.63, 3.8) is 0 Å². The molecule has 1 heterocycles. The van der Waals surface area contributed by atoms with Crippen LogP contribution in [0.3, 0.4) is 0 Å². The number of rotatable bonds is 4. The van der Waals surface area contributed by atoms with Gasteiger partial charge in [-0.2, -0.15) is 0 Å². The molecule has 0 aromatic carbocycles. The second-order valence-corrected chi connectivity index (χ2v) is 3.13. The van der Waals surface area contributed by atoms with Gasteiger partial charge in [-0.05, 0) is 19.4 Å². The molecule has 1 atom stereocenters. The fourth-order valence-electron chi connectivity index (χ4n) is 1.19. The highest BCUT2D eigenvalue weighted by atomic mass is 14.9. The van der Waals surface area contributed by atoms with Gasteiger partial charge in [0.1, 0.15) is 5.82 Å². The molecule has 0 aliphatic rings. The van der Waals surface area contributed by atoms with Crippen molar-refractivity contribution in [2.45, 2.75) is 32.6 Å². The van der Waals surface area contributed by atoms with E-state index in [2.05, 4.69) is 23.8 Å². The average molecular weight is 167 g/mol. The average Bonchev–Trinajstić information content (AvgIpc) is 2.52. The van der Waals surface area contributed by atoms with Crippen molar-refractivity contribution in [1.82, 2.24) is 9.97 Å². The summed E-state index contributed by atoms with van der Waals surface area (Å²) in [6.07, 6.45) is 3.92. The molecule has 1 unspecified atom stereocenters. The van der Waals surface area contributed by atoms with Crippen LogP contribution in [0.25, 0.3) is 0 Å². The molecule has 3 nitrogen and oxygen atoms in total. The number of aromatic nitrogens is 2. The summed E-state index contributed by atoms with van der Waals surface area (Å²) in [6.45, 7) is 4.99. The molecular formula is C9H17N3. The third-order valence-corrected chi connectivity index (χ3v) is 2.10. The maximum atomic E-state index is 5.46. The first kappa shape index (κ1) is 9.26. The fraction of sp³-hybridized carbons (Fsp3) is 0.667. The summed E-state index contributed by atoms with van der Waals surface area (Å²) in [4.78, 5) is 7.58. The van der Waals surface area contributed by atoms with E-state index < -0.39 is 0 Å². The van der Waals surface area contributed by atoms with Gasteiger partial charge in [-0.15, -0.1) is 0 Å². The smallest absolute Gasteiger partial charge is 0.109 e. The number of nitrogens with zero attached hydrogens (tertiary/aromatic N) is 1. The van der Waals surface area contributed by atoms with Gasteiger partial charge < -0.3 is 10.7 Å². The van der Waals surface area contributed by atoms with Crippen molar-refractivity contribution < 1.29 is 0 Å². The lowest BCUT2D eigenvalue weighted by Crippen LogP contribution is -2.05. The van der Waals surface area contributed by atoms with E-state index in [4.69, 9.17) is 5.73 Å². The molecule has 0 radical (unpaired) electrons. The first-order chi connectivity index (χ1) is 5.77. The van der Waals surface area contributed by atoms with Crippen LogP contribution >= 0.6 is 0 Å². The van der Waals surface area contributed by atoms with Crippen LogP contribution in [0.1, 0.15) is 37.7 Å². The van der Waals surface area contributed by atoms with E-state index in [1.165, 1.54) is 5.69 Å². The number of hydrogen-bond acceptors (Lipinski definition) is 2. The fourth-order valence-corrected chi connectivity index (χ4v) is 1.19. The highest BCUT2D eigenvalue weighted by molar-refractivity contribution is 5.04. The Balaban J connectivity index is 2.61. The van der Waals surface area contributed by atoms with Gasteiger partial charge in [-0.3, -0.25) is 0 Å². The zero-order valence-corrected chi connectivity index (χ0v) is 7.80. The lowest BCUT2D eigenvalue weighted by Gasteiger charge is -2.04. The lowest BCUT2D eigenvalue weighted by atomic mass is 10.1. The molecule has 3 heteroatoms. The molecule has 12 heavy (non-hydrogen) atoms. The molecule has 1 rings (SSSR count). The summed E-state index contributed by atoms with van der Waals surface area (Å²) in [5.41, 5.74) is 6.67. The molecule has 0 amide bonds. The Labute approximate surface area is 73.4 Å². The van der Waals surface area contributed by atoms with E-state index in [9.17, 15) is 0 Å². The highest BCUT2D eigenvalue weighted by Gasteiger charge is 2.07. The SMILES string of the molecule is CCc1cnc(C(C)CCN)[nH]1. The summed E-state index contributed by atoms with van der Waals surface area (Å²) < 4.78 is 0. The molecule has 3 N–H and O–H groups in total. The lowest BCUT2D eigenvalue weighted by molar-refractivity contribution is 0.653. The van der Waals surface area contributed by atoms with Crippen LogP contribution < -0.4 is 5.73 Å². The van der Waals surface area contributed by atoms with Gasteiger partial charge in [0.2, 0.25) is 0 Å². The molecular weight excluding hydrogens is 150 g/mol. The number of aryl methyl sites for hydroxylation is 1. The van der Waals surface area contributed by atoms with Gasteiger partial charge in [0, 0.05) is 17.8 Å². The summed E-state index contributed by atoms with van der Waals surface area (Å²) >= 11 is 0. The van der Waals surface area contributed by atoms with Gasteiger partial charge >= 0.3 is 0 Å². The van der Waals surface area contributed by atoms with Crippen molar-refractivity contribution in [2.24, 2.45) is 5.73 Å². The molecule has 0 saturated heterocycles. The van der Waals surface area contributed by atoms with Crippen molar-refractivity contribution in [3.05, 3.63) is 17.7 Å². The van der Waals surface area contributed by atoms with Crippen LogP contribution in [0.4, 0.5) is 0 Å². The Hall–Kier alpha value is -0.830. The number of hydrogen-bond donors (Lipinski definition) is 2. The van der Waals surface area contributed by atoms with E-state index in [-0.39, 0.29) is 0 Å². The van der Waals surface area contributed by atoms with Crippen LogP contribution in [0, 0.1) is 0 Å². The third-order valence-electron chi connectivity index (χ3n) is 2.10. The molecule has 1 aromatic rings. The quantitative estimate of drug-likeness (QED) is 0.712. The minimum atomic E-state index is 0.454. The minimum absolute atomic E-state index is 0.454. The van der Waals surface area contributed by atoms with Crippen LogP contribution in [-0.4, -0.2) is 16.5 Å². The zero-order valence-electron chi connectivity index (χ0n) is 7.80. The van der Waals surface area contributed by atoms with Gasteiger partial charge in [-0.1, -0.05) is 13.8 Å². The minimum Gasteiger partial charge on any atom is -0.346 e. The Kier molecular flexibility index (Phi) is 3.29. The standard InChI is InChI=1S/C9H17N3/c1-3-8-6-11-9(12-8)7(2)4-5-10/h6-7H,3-5,10H2,1-2H3,(H,11,12). The van der Waals surface area contributed by atoms with Gasteiger partial charge in [0.05, 0.1) is 0 Å². The molecule has 0 fully saturated rings. The maximum Gasteiger partial charge on any atom is 0.109 e. The molecule has 0 spiro atoms. The van der Waals surface area contributed by atoms with Crippen molar-refractivity contribution in [3.8, 4) is 0 Å². The Bertz CT molecular complexity index is 229. The second-order valence-electron chi connectivity index (χ2n) is 3.13.